The molecule has 0 atom stereocenters. The van der Waals surface area contributed by atoms with E-state index in [-0.39, 0.29) is 5.28 Å². The summed E-state index contributed by atoms with van der Waals surface area (Å²) in [4.78, 5) is 7.94. The number of aromatic nitrogens is 4. The zero-order chi connectivity index (χ0) is 9.97. The molecule has 0 saturated carbocycles. The maximum atomic E-state index is 5.65. The lowest BCUT2D eigenvalue weighted by Crippen LogP contribution is -2.05. The molecule has 0 aliphatic carbocycles. The summed E-state index contributed by atoms with van der Waals surface area (Å²) in [5, 5.41) is 4.39. The van der Waals surface area contributed by atoms with Gasteiger partial charge in [0.1, 0.15) is 11.0 Å². The van der Waals surface area contributed by atoms with Crippen LogP contribution in [-0.4, -0.2) is 33.5 Å². The average molecular weight is 213 g/mol. The molecular formula is C8H9ClN4O. The van der Waals surface area contributed by atoms with E-state index in [1.807, 2.05) is 0 Å². The van der Waals surface area contributed by atoms with Crippen molar-refractivity contribution in [3.63, 3.8) is 0 Å². The smallest absolute Gasteiger partial charge is 0.223 e. The first-order valence-electron chi connectivity index (χ1n) is 4.14. The molecule has 5 nitrogen and oxygen atoms in total. The second kappa shape index (κ2) is 3.89. The minimum absolute atomic E-state index is 0.240. The van der Waals surface area contributed by atoms with Crippen LogP contribution in [0.15, 0.2) is 12.4 Å². The van der Waals surface area contributed by atoms with Gasteiger partial charge in [0.25, 0.3) is 0 Å². The molecule has 0 N–H and O–H groups in total. The minimum atomic E-state index is 0.240. The molecular weight excluding hydrogens is 204 g/mol. The quantitative estimate of drug-likeness (QED) is 0.716. The summed E-state index contributed by atoms with van der Waals surface area (Å²) in [6, 6.07) is 0. The number of methoxy groups -OCH3 is 1. The van der Waals surface area contributed by atoms with E-state index in [9.17, 15) is 0 Å². The van der Waals surface area contributed by atoms with E-state index < -0.39 is 0 Å². The number of ether oxygens (including phenoxy) is 1. The SMILES string of the molecule is COCCn1ncc2nc(Cl)ncc21. The van der Waals surface area contributed by atoms with Crippen molar-refractivity contribution >= 4 is 22.6 Å². The number of rotatable bonds is 3. The lowest BCUT2D eigenvalue weighted by atomic mass is 10.5. The third-order valence-electron chi connectivity index (χ3n) is 1.87. The summed E-state index contributed by atoms with van der Waals surface area (Å²) >= 11 is 5.65. The molecule has 2 aromatic rings. The Morgan fingerprint density at radius 1 is 1.50 bits per heavy atom. The number of halogens is 1. The highest BCUT2D eigenvalue weighted by Crippen LogP contribution is 2.11. The van der Waals surface area contributed by atoms with Crippen molar-refractivity contribution in [1.82, 2.24) is 19.7 Å². The first-order valence-corrected chi connectivity index (χ1v) is 4.52. The third kappa shape index (κ3) is 1.69. The molecule has 2 aromatic heterocycles. The maximum Gasteiger partial charge on any atom is 0.223 e. The first kappa shape index (κ1) is 9.36. The molecule has 0 radical (unpaired) electrons. The number of fused-ring (bicyclic) bond motifs is 1. The zero-order valence-corrected chi connectivity index (χ0v) is 8.40. The van der Waals surface area contributed by atoms with Gasteiger partial charge in [0.15, 0.2) is 0 Å². The van der Waals surface area contributed by atoms with Crippen LogP contribution in [-0.2, 0) is 11.3 Å². The van der Waals surface area contributed by atoms with Crippen molar-refractivity contribution in [3.8, 4) is 0 Å². The van der Waals surface area contributed by atoms with Crippen molar-refractivity contribution in [3.05, 3.63) is 17.7 Å². The number of hydrogen-bond donors (Lipinski definition) is 0. The Hall–Kier alpha value is -1.20. The highest BCUT2D eigenvalue weighted by molar-refractivity contribution is 6.28. The second-order valence-electron chi connectivity index (χ2n) is 2.77. The molecule has 0 spiro atoms. The normalized spacial score (nSPS) is 11.0. The van der Waals surface area contributed by atoms with Crippen molar-refractivity contribution in [2.75, 3.05) is 13.7 Å². The Balaban J connectivity index is 2.37. The summed E-state index contributed by atoms with van der Waals surface area (Å²) in [5.41, 5.74) is 1.62. The predicted octanol–water partition coefficient (Wildman–Crippen LogP) is 1.13. The van der Waals surface area contributed by atoms with Gasteiger partial charge in [-0.3, -0.25) is 4.68 Å². The highest BCUT2D eigenvalue weighted by atomic mass is 35.5. The lowest BCUT2D eigenvalue weighted by molar-refractivity contribution is 0.185. The molecule has 0 fully saturated rings. The van der Waals surface area contributed by atoms with Crippen LogP contribution in [0.5, 0.6) is 0 Å². The van der Waals surface area contributed by atoms with Crippen LogP contribution >= 0.6 is 11.6 Å². The van der Waals surface area contributed by atoms with Crippen LogP contribution in [0.1, 0.15) is 0 Å². The van der Waals surface area contributed by atoms with Crippen molar-refractivity contribution in [2.24, 2.45) is 0 Å². The average Bonchev–Trinajstić information content (AvgIpc) is 2.57. The summed E-state index contributed by atoms with van der Waals surface area (Å²) in [6.07, 6.45) is 3.33. The van der Waals surface area contributed by atoms with Crippen molar-refractivity contribution in [2.45, 2.75) is 6.54 Å². The van der Waals surface area contributed by atoms with E-state index in [0.717, 1.165) is 11.0 Å². The van der Waals surface area contributed by atoms with E-state index >= 15 is 0 Å². The fraction of sp³-hybridized carbons (Fsp3) is 0.375. The molecule has 14 heavy (non-hydrogen) atoms. The van der Waals surface area contributed by atoms with E-state index in [1.165, 1.54) is 0 Å². The molecule has 0 amide bonds. The topological polar surface area (TPSA) is 52.8 Å². The van der Waals surface area contributed by atoms with Gasteiger partial charge >= 0.3 is 0 Å². The zero-order valence-electron chi connectivity index (χ0n) is 7.64. The van der Waals surface area contributed by atoms with Crippen molar-refractivity contribution in [1.29, 1.82) is 0 Å². The molecule has 2 rings (SSSR count). The van der Waals surface area contributed by atoms with Crippen molar-refractivity contribution < 1.29 is 4.74 Å². The van der Waals surface area contributed by atoms with Gasteiger partial charge in [-0.25, -0.2) is 9.97 Å². The maximum absolute atomic E-state index is 5.65. The van der Waals surface area contributed by atoms with E-state index in [2.05, 4.69) is 15.1 Å². The van der Waals surface area contributed by atoms with Crippen LogP contribution in [0.2, 0.25) is 5.28 Å². The van der Waals surface area contributed by atoms with Crippen LogP contribution < -0.4 is 0 Å². The van der Waals surface area contributed by atoms with Gasteiger partial charge in [0, 0.05) is 7.11 Å². The van der Waals surface area contributed by atoms with Crippen LogP contribution in [0.4, 0.5) is 0 Å². The van der Waals surface area contributed by atoms with Gasteiger partial charge in [-0.1, -0.05) is 0 Å². The fourth-order valence-electron chi connectivity index (χ4n) is 1.20. The van der Waals surface area contributed by atoms with Crippen LogP contribution in [0.3, 0.4) is 0 Å². The molecule has 2 heterocycles. The monoisotopic (exact) mass is 212 g/mol. The Labute approximate surface area is 85.7 Å². The Morgan fingerprint density at radius 2 is 2.36 bits per heavy atom. The number of hydrogen-bond acceptors (Lipinski definition) is 4. The molecule has 6 heteroatoms. The Kier molecular flexibility index (Phi) is 2.60. The minimum Gasteiger partial charge on any atom is -0.383 e. The van der Waals surface area contributed by atoms with E-state index in [1.54, 1.807) is 24.2 Å². The molecule has 0 unspecified atom stereocenters. The predicted molar refractivity (Wildman–Crippen MR) is 52.2 cm³/mol. The highest BCUT2D eigenvalue weighted by Gasteiger charge is 2.04. The summed E-state index contributed by atoms with van der Waals surface area (Å²) in [7, 11) is 1.65. The Bertz CT molecular complexity index is 442. The molecule has 74 valence electrons. The van der Waals surface area contributed by atoms with Crippen LogP contribution in [0, 0.1) is 0 Å². The fourth-order valence-corrected chi connectivity index (χ4v) is 1.34. The number of nitrogens with zero attached hydrogens (tertiary/aromatic N) is 4. The van der Waals surface area contributed by atoms with E-state index in [0.29, 0.717) is 13.2 Å². The third-order valence-corrected chi connectivity index (χ3v) is 2.06. The summed E-state index contributed by atoms with van der Waals surface area (Å²) in [6.45, 7) is 1.30. The van der Waals surface area contributed by atoms with E-state index in [4.69, 9.17) is 16.3 Å². The van der Waals surface area contributed by atoms with Gasteiger partial charge in [-0.05, 0) is 11.6 Å². The molecule has 0 aliphatic heterocycles. The lowest BCUT2D eigenvalue weighted by Gasteiger charge is -2.00. The van der Waals surface area contributed by atoms with Gasteiger partial charge in [-0.15, -0.1) is 0 Å². The first-order chi connectivity index (χ1) is 6.81. The Morgan fingerprint density at radius 3 is 3.14 bits per heavy atom. The summed E-state index contributed by atoms with van der Waals surface area (Å²) < 4.78 is 6.75. The van der Waals surface area contributed by atoms with Gasteiger partial charge in [0.05, 0.1) is 25.5 Å². The van der Waals surface area contributed by atoms with Gasteiger partial charge < -0.3 is 4.74 Å². The van der Waals surface area contributed by atoms with Gasteiger partial charge in [0.2, 0.25) is 5.28 Å². The molecule has 0 aromatic carbocycles. The van der Waals surface area contributed by atoms with Gasteiger partial charge in [-0.2, -0.15) is 5.10 Å². The standard InChI is InChI=1S/C8H9ClN4O/c1-14-3-2-13-7-5-10-8(9)12-6(7)4-11-13/h4-5H,2-3H2,1H3. The van der Waals surface area contributed by atoms with Crippen LogP contribution in [0.25, 0.3) is 11.0 Å². The molecule has 0 saturated heterocycles. The second-order valence-corrected chi connectivity index (χ2v) is 3.11. The largest absolute Gasteiger partial charge is 0.383 e. The summed E-state index contributed by atoms with van der Waals surface area (Å²) in [5.74, 6) is 0. The molecule has 0 bridgehead atoms. The molecule has 0 aliphatic rings.